The van der Waals surface area contributed by atoms with Crippen LogP contribution in [0.5, 0.6) is 0 Å². The average molecular weight is 271 g/mol. The number of hydrogen-bond donors (Lipinski definition) is 2. The van der Waals surface area contributed by atoms with Crippen LogP contribution in [-0.4, -0.2) is 39.7 Å². The standard InChI is InChI=1S/C15H21N5/c1-12-2-5-16-15(8-12)17-9-13-4-7-20(10-13)11-14-3-6-18-19-14/h2-3,5-6,8,13H,4,7,9-11H2,1H3,(H,16,17)(H,18,19). The highest BCUT2D eigenvalue weighted by Gasteiger charge is 2.22. The summed E-state index contributed by atoms with van der Waals surface area (Å²) in [5.74, 6) is 1.68. The summed E-state index contributed by atoms with van der Waals surface area (Å²) in [7, 11) is 0. The zero-order valence-corrected chi connectivity index (χ0v) is 11.8. The minimum atomic E-state index is 0.695. The minimum absolute atomic E-state index is 0.695. The second-order valence-corrected chi connectivity index (χ2v) is 5.57. The van der Waals surface area contributed by atoms with E-state index in [1.54, 1.807) is 0 Å². The topological polar surface area (TPSA) is 56.8 Å². The maximum Gasteiger partial charge on any atom is 0.126 e. The summed E-state index contributed by atoms with van der Waals surface area (Å²) in [4.78, 5) is 6.82. The van der Waals surface area contributed by atoms with E-state index in [0.717, 1.165) is 32.0 Å². The van der Waals surface area contributed by atoms with Crippen LogP contribution >= 0.6 is 0 Å². The molecule has 1 unspecified atom stereocenters. The van der Waals surface area contributed by atoms with Crippen LogP contribution in [0.1, 0.15) is 17.7 Å². The van der Waals surface area contributed by atoms with Gasteiger partial charge in [-0.3, -0.25) is 10.00 Å². The van der Waals surface area contributed by atoms with Gasteiger partial charge in [0, 0.05) is 37.7 Å². The maximum absolute atomic E-state index is 4.34. The number of rotatable bonds is 5. The smallest absolute Gasteiger partial charge is 0.126 e. The van der Waals surface area contributed by atoms with Gasteiger partial charge in [-0.15, -0.1) is 0 Å². The molecular formula is C15H21N5. The summed E-state index contributed by atoms with van der Waals surface area (Å²) in [5.41, 5.74) is 2.44. The van der Waals surface area contributed by atoms with Crippen molar-refractivity contribution in [2.45, 2.75) is 19.9 Å². The Kier molecular flexibility index (Phi) is 3.97. The highest BCUT2D eigenvalue weighted by atomic mass is 15.2. The van der Waals surface area contributed by atoms with Crippen LogP contribution in [0.15, 0.2) is 30.6 Å². The SMILES string of the molecule is Cc1ccnc(NCC2CCN(Cc3ccn[nH]3)C2)c1. The van der Waals surface area contributed by atoms with Gasteiger partial charge in [0.2, 0.25) is 0 Å². The summed E-state index contributed by atoms with van der Waals surface area (Å²) < 4.78 is 0. The molecule has 2 aromatic heterocycles. The number of nitrogens with one attached hydrogen (secondary N) is 2. The van der Waals surface area contributed by atoms with E-state index in [2.05, 4.69) is 38.4 Å². The molecule has 0 bridgehead atoms. The lowest BCUT2D eigenvalue weighted by Crippen LogP contribution is -2.23. The van der Waals surface area contributed by atoms with Gasteiger partial charge in [-0.25, -0.2) is 4.98 Å². The molecule has 0 spiro atoms. The van der Waals surface area contributed by atoms with Crippen molar-refractivity contribution < 1.29 is 0 Å². The molecule has 20 heavy (non-hydrogen) atoms. The second-order valence-electron chi connectivity index (χ2n) is 5.57. The van der Waals surface area contributed by atoms with Gasteiger partial charge < -0.3 is 5.32 Å². The fourth-order valence-corrected chi connectivity index (χ4v) is 2.72. The third kappa shape index (κ3) is 3.36. The highest BCUT2D eigenvalue weighted by molar-refractivity contribution is 5.36. The number of H-pyrrole nitrogens is 1. The summed E-state index contributed by atoms with van der Waals surface area (Å²) in [6, 6.07) is 6.16. The molecule has 5 nitrogen and oxygen atoms in total. The minimum Gasteiger partial charge on any atom is -0.370 e. The molecular weight excluding hydrogens is 250 g/mol. The lowest BCUT2D eigenvalue weighted by molar-refractivity contribution is 0.315. The monoisotopic (exact) mass is 271 g/mol. The first-order valence-electron chi connectivity index (χ1n) is 7.17. The molecule has 1 saturated heterocycles. The Morgan fingerprint density at radius 3 is 3.15 bits per heavy atom. The molecule has 1 aliphatic heterocycles. The normalized spacial score (nSPS) is 19.4. The van der Waals surface area contributed by atoms with Gasteiger partial charge in [-0.05, 0) is 49.6 Å². The van der Waals surface area contributed by atoms with E-state index in [1.807, 2.05) is 24.5 Å². The van der Waals surface area contributed by atoms with Crippen molar-refractivity contribution in [1.82, 2.24) is 20.1 Å². The van der Waals surface area contributed by atoms with Gasteiger partial charge in [0.15, 0.2) is 0 Å². The van der Waals surface area contributed by atoms with Crippen molar-refractivity contribution in [1.29, 1.82) is 0 Å². The van der Waals surface area contributed by atoms with E-state index in [4.69, 9.17) is 0 Å². The van der Waals surface area contributed by atoms with Crippen molar-refractivity contribution >= 4 is 5.82 Å². The van der Waals surface area contributed by atoms with Crippen LogP contribution in [-0.2, 0) is 6.54 Å². The molecule has 3 rings (SSSR count). The molecule has 1 atom stereocenters. The Bertz CT molecular complexity index is 537. The first-order chi connectivity index (χ1) is 9.79. The average Bonchev–Trinajstić information content (AvgIpc) is 3.09. The second kappa shape index (κ2) is 6.05. The van der Waals surface area contributed by atoms with Crippen molar-refractivity contribution in [3.8, 4) is 0 Å². The number of nitrogens with zero attached hydrogens (tertiary/aromatic N) is 3. The Morgan fingerprint density at radius 1 is 1.40 bits per heavy atom. The van der Waals surface area contributed by atoms with E-state index in [-0.39, 0.29) is 0 Å². The van der Waals surface area contributed by atoms with Crippen molar-refractivity contribution in [3.05, 3.63) is 41.9 Å². The largest absolute Gasteiger partial charge is 0.370 e. The number of likely N-dealkylation sites (tertiary alicyclic amines) is 1. The summed E-state index contributed by atoms with van der Waals surface area (Å²) in [6.07, 6.45) is 4.91. The van der Waals surface area contributed by atoms with Gasteiger partial charge in [0.1, 0.15) is 5.82 Å². The predicted octanol–water partition coefficient (Wildman–Crippen LogP) is 2.05. The molecule has 2 N–H and O–H groups in total. The summed E-state index contributed by atoms with van der Waals surface area (Å²) >= 11 is 0. The first kappa shape index (κ1) is 13.1. The fourth-order valence-electron chi connectivity index (χ4n) is 2.72. The Balaban J connectivity index is 1.46. The third-order valence-corrected chi connectivity index (χ3v) is 3.81. The highest BCUT2D eigenvalue weighted by Crippen LogP contribution is 2.18. The third-order valence-electron chi connectivity index (χ3n) is 3.81. The van der Waals surface area contributed by atoms with E-state index in [9.17, 15) is 0 Å². The van der Waals surface area contributed by atoms with Gasteiger partial charge in [0.25, 0.3) is 0 Å². The van der Waals surface area contributed by atoms with Crippen molar-refractivity contribution in [2.24, 2.45) is 5.92 Å². The Labute approximate surface area is 119 Å². The van der Waals surface area contributed by atoms with Gasteiger partial charge in [-0.1, -0.05) is 0 Å². The van der Waals surface area contributed by atoms with Crippen LogP contribution in [0.4, 0.5) is 5.82 Å². The molecule has 0 aliphatic carbocycles. The van der Waals surface area contributed by atoms with E-state index >= 15 is 0 Å². The van der Waals surface area contributed by atoms with Gasteiger partial charge in [0.05, 0.1) is 0 Å². The van der Waals surface area contributed by atoms with Crippen LogP contribution in [0, 0.1) is 12.8 Å². The molecule has 1 aliphatic rings. The van der Waals surface area contributed by atoms with Crippen molar-refractivity contribution in [2.75, 3.05) is 25.0 Å². The van der Waals surface area contributed by atoms with Crippen LogP contribution in [0.25, 0.3) is 0 Å². The number of aryl methyl sites for hydroxylation is 1. The van der Waals surface area contributed by atoms with Gasteiger partial charge in [-0.2, -0.15) is 5.10 Å². The molecule has 0 amide bonds. The maximum atomic E-state index is 4.34. The fraction of sp³-hybridized carbons (Fsp3) is 0.467. The number of aromatic amines is 1. The van der Waals surface area contributed by atoms with Crippen LogP contribution in [0.3, 0.4) is 0 Å². The molecule has 106 valence electrons. The quantitative estimate of drug-likeness (QED) is 0.874. The zero-order valence-electron chi connectivity index (χ0n) is 11.8. The number of aromatic nitrogens is 3. The number of hydrogen-bond acceptors (Lipinski definition) is 4. The van der Waals surface area contributed by atoms with E-state index < -0.39 is 0 Å². The van der Waals surface area contributed by atoms with Crippen LogP contribution in [0.2, 0.25) is 0 Å². The summed E-state index contributed by atoms with van der Waals surface area (Å²) in [6.45, 7) is 6.36. The Morgan fingerprint density at radius 2 is 2.35 bits per heavy atom. The van der Waals surface area contributed by atoms with E-state index in [0.29, 0.717) is 5.92 Å². The number of anilines is 1. The van der Waals surface area contributed by atoms with Gasteiger partial charge >= 0.3 is 0 Å². The molecule has 0 radical (unpaired) electrons. The molecule has 2 aromatic rings. The molecule has 5 heteroatoms. The molecule has 3 heterocycles. The Hall–Kier alpha value is -1.88. The lowest BCUT2D eigenvalue weighted by atomic mass is 10.1. The number of pyridine rings is 1. The van der Waals surface area contributed by atoms with E-state index in [1.165, 1.54) is 17.7 Å². The molecule has 0 saturated carbocycles. The zero-order chi connectivity index (χ0) is 13.8. The molecule has 0 aromatic carbocycles. The first-order valence-corrected chi connectivity index (χ1v) is 7.17. The predicted molar refractivity (Wildman–Crippen MR) is 79.4 cm³/mol. The van der Waals surface area contributed by atoms with Crippen molar-refractivity contribution in [3.63, 3.8) is 0 Å². The molecule has 1 fully saturated rings. The lowest BCUT2D eigenvalue weighted by Gasteiger charge is -2.15. The van der Waals surface area contributed by atoms with Crippen LogP contribution < -0.4 is 5.32 Å². The summed E-state index contributed by atoms with van der Waals surface area (Å²) in [5, 5.41) is 10.5.